The van der Waals surface area contributed by atoms with Crippen molar-refractivity contribution in [1.82, 2.24) is 14.1 Å². The Morgan fingerprint density at radius 2 is 1.97 bits per heavy atom. The third-order valence-corrected chi connectivity index (χ3v) is 7.11. The summed E-state index contributed by atoms with van der Waals surface area (Å²) in [5, 5.41) is 15.6. The number of carbonyl (C=O) groups is 1. The van der Waals surface area contributed by atoms with E-state index in [1.807, 2.05) is 6.07 Å². The van der Waals surface area contributed by atoms with Crippen molar-refractivity contribution in [1.29, 1.82) is 5.26 Å². The summed E-state index contributed by atoms with van der Waals surface area (Å²) < 4.78 is 33.9. The number of nitriles is 1. The van der Waals surface area contributed by atoms with E-state index in [0.717, 1.165) is 0 Å². The van der Waals surface area contributed by atoms with Crippen LogP contribution in [0.15, 0.2) is 23.1 Å². The smallest absolute Gasteiger partial charge is 0.258 e. The van der Waals surface area contributed by atoms with Crippen molar-refractivity contribution < 1.29 is 17.9 Å². The highest BCUT2D eigenvalue weighted by molar-refractivity contribution is 7.89. The van der Waals surface area contributed by atoms with Gasteiger partial charge in [0.05, 0.1) is 53.6 Å². The molecule has 1 aliphatic heterocycles. The molecule has 160 valence electrons. The Kier molecular flexibility index (Phi) is 7.00. The van der Waals surface area contributed by atoms with E-state index in [0.29, 0.717) is 18.1 Å². The highest BCUT2D eigenvalue weighted by atomic mass is 35.5. The van der Waals surface area contributed by atoms with Crippen molar-refractivity contribution in [2.24, 2.45) is 0 Å². The SMILES string of the molecule is Cc1cc(NC(=O)c2cc(S(=O)(=O)N3CCOCC3)c(Cl)cc2Cl)n(CCC#N)n1. The van der Waals surface area contributed by atoms with Crippen LogP contribution in [0, 0.1) is 18.3 Å². The molecule has 30 heavy (non-hydrogen) atoms. The topological polar surface area (TPSA) is 117 Å². The standard InChI is InChI=1S/C18H19Cl2N5O4S/c1-12-9-17(25(23-12)4-2-3-21)22-18(26)13-10-16(15(20)11-14(13)19)30(27,28)24-5-7-29-8-6-24/h9-11H,2,4-8H2,1H3,(H,22,26). The van der Waals surface area contributed by atoms with Gasteiger partial charge < -0.3 is 10.1 Å². The minimum atomic E-state index is -3.93. The van der Waals surface area contributed by atoms with E-state index >= 15 is 0 Å². The largest absolute Gasteiger partial charge is 0.379 e. The molecular formula is C18H19Cl2N5O4S. The highest BCUT2D eigenvalue weighted by Crippen LogP contribution is 2.31. The van der Waals surface area contributed by atoms with Crippen LogP contribution in [0.5, 0.6) is 0 Å². The summed E-state index contributed by atoms with van der Waals surface area (Å²) in [5.74, 6) is -0.246. The molecule has 1 aromatic carbocycles. The molecule has 2 aromatic rings. The number of aryl methyl sites for hydroxylation is 2. The van der Waals surface area contributed by atoms with Gasteiger partial charge in [-0.1, -0.05) is 23.2 Å². The molecule has 1 saturated heterocycles. The fraction of sp³-hybridized carbons (Fsp3) is 0.389. The summed E-state index contributed by atoms with van der Waals surface area (Å²) in [6.45, 7) is 3.00. The van der Waals surface area contributed by atoms with Gasteiger partial charge in [-0.15, -0.1) is 0 Å². The quantitative estimate of drug-likeness (QED) is 0.691. The number of morpholine rings is 1. The average molecular weight is 472 g/mol. The highest BCUT2D eigenvalue weighted by Gasteiger charge is 2.30. The van der Waals surface area contributed by atoms with Crippen LogP contribution in [0.1, 0.15) is 22.5 Å². The molecule has 0 radical (unpaired) electrons. The fourth-order valence-electron chi connectivity index (χ4n) is 2.98. The maximum Gasteiger partial charge on any atom is 0.258 e. The minimum absolute atomic E-state index is 0.0123. The van der Waals surface area contributed by atoms with Crippen molar-refractivity contribution in [3.63, 3.8) is 0 Å². The number of nitrogens with one attached hydrogen (secondary N) is 1. The number of amides is 1. The van der Waals surface area contributed by atoms with E-state index in [1.54, 1.807) is 13.0 Å². The molecule has 0 unspecified atom stereocenters. The molecule has 0 atom stereocenters. The second-order valence-electron chi connectivity index (χ2n) is 6.54. The van der Waals surface area contributed by atoms with Gasteiger partial charge in [-0.2, -0.15) is 14.7 Å². The molecule has 1 aromatic heterocycles. The second-order valence-corrected chi connectivity index (χ2v) is 9.26. The third-order valence-electron chi connectivity index (χ3n) is 4.43. The third kappa shape index (κ3) is 4.77. The van der Waals surface area contributed by atoms with Crippen LogP contribution in [-0.4, -0.2) is 54.7 Å². The average Bonchev–Trinajstić information content (AvgIpc) is 3.05. The maximum absolute atomic E-state index is 13.0. The van der Waals surface area contributed by atoms with Gasteiger partial charge in [0, 0.05) is 19.2 Å². The molecule has 2 heterocycles. The lowest BCUT2D eigenvalue weighted by atomic mass is 10.2. The number of anilines is 1. The predicted octanol–water partition coefficient (Wildman–Crippen LogP) is 2.69. The Bertz CT molecular complexity index is 1100. The number of ether oxygens (including phenoxy) is 1. The van der Waals surface area contributed by atoms with Gasteiger partial charge in [0.1, 0.15) is 10.7 Å². The Balaban J connectivity index is 1.92. The Hall–Kier alpha value is -2.16. The molecule has 1 N–H and O–H groups in total. The zero-order valence-electron chi connectivity index (χ0n) is 16.1. The number of aromatic nitrogens is 2. The minimum Gasteiger partial charge on any atom is -0.379 e. The van der Waals surface area contributed by atoms with E-state index < -0.39 is 15.9 Å². The van der Waals surface area contributed by atoms with Crippen LogP contribution in [0.25, 0.3) is 0 Å². The molecule has 1 amide bonds. The number of halogens is 2. The molecule has 1 aliphatic rings. The van der Waals surface area contributed by atoms with Crippen molar-refractivity contribution in [2.45, 2.75) is 24.8 Å². The molecule has 0 bridgehead atoms. The maximum atomic E-state index is 13.0. The molecule has 9 nitrogen and oxygen atoms in total. The van der Waals surface area contributed by atoms with Crippen LogP contribution < -0.4 is 5.32 Å². The summed E-state index contributed by atoms with van der Waals surface area (Å²) >= 11 is 12.3. The molecular weight excluding hydrogens is 453 g/mol. The lowest BCUT2D eigenvalue weighted by Crippen LogP contribution is -2.40. The zero-order chi connectivity index (χ0) is 21.9. The first-order valence-corrected chi connectivity index (χ1v) is 11.2. The first-order chi connectivity index (χ1) is 14.2. The predicted molar refractivity (Wildman–Crippen MR) is 111 cm³/mol. The Labute approximate surface area is 184 Å². The van der Waals surface area contributed by atoms with Crippen molar-refractivity contribution >= 4 is 45.0 Å². The van der Waals surface area contributed by atoms with Gasteiger partial charge in [-0.3, -0.25) is 4.79 Å². The summed E-state index contributed by atoms with van der Waals surface area (Å²) in [6, 6.07) is 6.08. The number of rotatable bonds is 6. The summed E-state index contributed by atoms with van der Waals surface area (Å²) in [7, 11) is -3.93. The van der Waals surface area contributed by atoms with E-state index in [4.69, 9.17) is 33.2 Å². The molecule has 0 saturated carbocycles. The molecule has 0 spiro atoms. The number of carbonyl (C=O) groups excluding carboxylic acids is 1. The van der Waals surface area contributed by atoms with Gasteiger partial charge in [-0.25, -0.2) is 13.1 Å². The van der Waals surface area contributed by atoms with Crippen molar-refractivity contribution in [3.05, 3.63) is 39.5 Å². The van der Waals surface area contributed by atoms with Crippen LogP contribution in [0.4, 0.5) is 5.82 Å². The molecule has 3 rings (SSSR count). The zero-order valence-corrected chi connectivity index (χ0v) is 18.4. The fourth-order valence-corrected chi connectivity index (χ4v) is 5.22. The second kappa shape index (κ2) is 9.32. The normalized spacial score (nSPS) is 15.0. The molecule has 1 fully saturated rings. The van der Waals surface area contributed by atoms with E-state index in [1.165, 1.54) is 21.1 Å². The van der Waals surface area contributed by atoms with Crippen LogP contribution in [0.2, 0.25) is 10.0 Å². The summed E-state index contributed by atoms with van der Waals surface area (Å²) in [6.07, 6.45) is 0.216. The van der Waals surface area contributed by atoms with Gasteiger partial charge in [-0.05, 0) is 19.1 Å². The van der Waals surface area contributed by atoms with E-state index in [2.05, 4.69) is 10.4 Å². The molecule has 12 heteroatoms. The monoisotopic (exact) mass is 471 g/mol. The number of hydrogen-bond acceptors (Lipinski definition) is 6. The lowest BCUT2D eigenvalue weighted by molar-refractivity contribution is 0.0730. The first kappa shape index (κ1) is 22.5. The molecule has 0 aliphatic carbocycles. The number of benzene rings is 1. The van der Waals surface area contributed by atoms with Crippen LogP contribution in [-0.2, 0) is 21.3 Å². The van der Waals surface area contributed by atoms with Crippen molar-refractivity contribution in [3.8, 4) is 6.07 Å². The number of hydrogen-bond donors (Lipinski definition) is 1. The van der Waals surface area contributed by atoms with Gasteiger partial charge in [0.15, 0.2) is 0 Å². The van der Waals surface area contributed by atoms with Crippen LogP contribution >= 0.6 is 23.2 Å². The van der Waals surface area contributed by atoms with Crippen LogP contribution in [0.3, 0.4) is 0 Å². The summed E-state index contributed by atoms with van der Waals surface area (Å²) in [5.41, 5.74) is 0.611. The van der Waals surface area contributed by atoms with Gasteiger partial charge in [0.2, 0.25) is 10.0 Å². The number of nitrogens with zero attached hydrogens (tertiary/aromatic N) is 4. The van der Waals surface area contributed by atoms with Gasteiger partial charge in [0.25, 0.3) is 5.91 Å². The van der Waals surface area contributed by atoms with E-state index in [-0.39, 0.29) is 53.2 Å². The lowest BCUT2D eigenvalue weighted by Gasteiger charge is -2.26. The van der Waals surface area contributed by atoms with Gasteiger partial charge >= 0.3 is 0 Å². The van der Waals surface area contributed by atoms with Crippen molar-refractivity contribution in [2.75, 3.05) is 31.6 Å². The Morgan fingerprint density at radius 1 is 1.27 bits per heavy atom. The first-order valence-electron chi connectivity index (χ1n) is 9.03. The Morgan fingerprint density at radius 3 is 2.63 bits per heavy atom. The summed E-state index contributed by atoms with van der Waals surface area (Å²) in [4.78, 5) is 12.7. The van der Waals surface area contributed by atoms with E-state index in [9.17, 15) is 13.2 Å². The number of sulfonamides is 1.